The van der Waals surface area contributed by atoms with Crippen LogP contribution in [0.2, 0.25) is 0 Å². The minimum absolute atomic E-state index is 0.0389. The molecule has 0 aromatic heterocycles. The molecule has 1 aromatic rings. The second-order valence-corrected chi connectivity index (χ2v) is 11.1. The van der Waals surface area contributed by atoms with Crippen LogP contribution in [0, 0.1) is 13.8 Å². The molecule has 3 amide bonds. The van der Waals surface area contributed by atoms with Crippen molar-refractivity contribution >= 4 is 29.7 Å². The van der Waals surface area contributed by atoms with E-state index in [0.29, 0.717) is 12.2 Å². The van der Waals surface area contributed by atoms with Crippen molar-refractivity contribution in [1.29, 1.82) is 0 Å². The molecule has 0 saturated heterocycles. The Hall–Kier alpha value is -2.48. The predicted molar refractivity (Wildman–Crippen MR) is 149 cm³/mol. The highest BCUT2D eigenvalue weighted by Crippen LogP contribution is 2.28. The van der Waals surface area contributed by atoms with Crippen molar-refractivity contribution in [3.8, 4) is 0 Å². The van der Waals surface area contributed by atoms with E-state index >= 15 is 0 Å². The lowest BCUT2D eigenvalue weighted by Gasteiger charge is -2.35. The van der Waals surface area contributed by atoms with Gasteiger partial charge in [-0.05, 0) is 83.1 Å². The molecule has 0 radical (unpaired) electrons. The Labute approximate surface area is 221 Å². The van der Waals surface area contributed by atoms with E-state index in [0.717, 1.165) is 29.5 Å². The molecule has 1 rings (SSSR count). The summed E-state index contributed by atoms with van der Waals surface area (Å²) in [5, 5.41) is 5.84. The number of hydrogen-bond donors (Lipinski definition) is 2. The zero-order valence-corrected chi connectivity index (χ0v) is 24.1. The molecule has 2 N–H and O–H groups in total. The summed E-state index contributed by atoms with van der Waals surface area (Å²) in [5.74, 6) is 0.0573. The number of amides is 3. The third-order valence-electron chi connectivity index (χ3n) is 5.82. The molecule has 36 heavy (non-hydrogen) atoms. The smallest absolute Gasteiger partial charge is 0.408 e. The van der Waals surface area contributed by atoms with Gasteiger partial charge in [-0.1, -0.05) is 37.6 Å². The van der Waals surface area contributed by atoms with Crippen LogP contribution >= 0.6 is 11.8 Å². The Morgan fingerprint density at radius 3 is 2.39 bits per heavy atom. The second-order valence-electron chi connectivity index (χ2n) is 10.1. The number of nitrogens with zero attached hydrogens (tertiary/aromatic N) is 1. The van der Waals surface area contributed by atoms with E-state index in [2.05, 4.69) is 24.1 Å². The minimum atomic E-state index is -0.869. The molecule has 0 saturated carbocycles. The molecule has 3 atom stereocenters. The highest BCUT2D eigenvalue weighted by molar-refractivity contribution is 7.98. The van der Waals surface area contributed by atoms with Gasteiger partial charge in [-0.15, -0.1) is 6.58 Å². The molecule has 0 aliphatic rings. The highest BCUT2D eigenvalue weighted by Gasteiger charge is 2.36. The van der Waals surface area contributed by atoms with Gasteiger partial charge in [0, 0.05) is 12.6 Å². The summed E-state index contributed by atoms with van der Waals surface area (Å²) in [6.45, 7) is 17.3. The monoisotopic (exact) mass is 519 g/mol. The predicted octanol–water partition coefficient (Wildman–Crippen LogP) is 5.31. The first-order valence-corrected chi connectivity index (χ1v) is 14.0. The van der Waals surface area contributed by atoms with E-state index in [1.54, 1.807) is 38.6 Å². The van der Waals surface area contributed by atoms with E-state index in [9.17, 15) is 14.4 Å². The normalized spacial score (nSPS) is 13.8. The Balaban J connectivity index is 3.50. The molecule has 202 valence electrons. The number of benzene rings is 1. The lowest BCUT2D eigenvalue weighted by atomic mass is 9.94. The van der Waals surface area contributed by atoms with E-state index in [4.69, 9.17) is 4.74 Å². The van der Waals surface area contributed by atoms with Gasteiger partial charge in [0.2, 0.25) is 11.8 Å². The summed E-state index contributed by atoms with van der Waals surface area (Å²) in [6, 6.07) is 4.02. The fourth-order valence-electron chi connectivity index (χ4n) is 3.95. The van der Waals surface area contributed by atoms with E-state index in [-0.39, 0.29) is 24.4 Å². The summed E-state index contributed by atoms with van der Waals surface area (Å²) >= 11 is 1.58. The van der Waals surface area contributed by atoms with Crippen molar-refractivity contribution in [1.82, 2.24) is 15.5 Å². The molecule has 7 nitrogen and oxygen atoms in total. The van der Waals surface area contributed by atoms with Gasteiger partial charge in [-0.2, -0.15) is 11.8 Å². The quantitative estimate of drug-likeness (QED) is 0.345. The first-order valence-electron chi connectivity index (χ1n) is 12.6. The third-order valence-corrected chi connectivity index (χ3v) is 6.46. The van der Waals surface area contributed by atoms with Gasteiger partial charge in [0.25, 0.3) is 0 Å². The largest absolute Gasteiger partial charge is 0.444 e. The third kappa shape index (κ3) is 9.88. The first kappa shape index (κ1) is 31.5. The van der Waals surface area contributed by atoms with Gasteiger partial charge in [0.15, 0.2) is 0 Å². The molecule has 0 aliphatic heterocycles. The Morgan fingerprint density at radius 2 is 1.83 bits per heavy atom. The Bertz CT molecular complexity index is 897. The minimum Gasteiger partial charge on any atom is -0.444 e. The van der Waals surface area contributed by atoms with E-state index < -0.39 is 23.8 Å². The van der Waals surface area contributed by atoms with Crippen LogP contribution in [-0.2, 0) is 14.3 Å². The first-order chi connectivity index (χ1) is 16.9. The van der Waals surface area contributed by atoms with Crippen LogP contribution in [0.1, 0.15) is 76.6 Å². The number of rotatable bonds is 13. The van der Waals surface area contributed by atoms with Gasteiger partial charge in [-0.25, -0.2) is 4.79 Å². The van der Waals surface area contributed by atoms with Gasteiger partial charge in [0.1, 0.15) is 17.7 Å². The zero-order chi connectivity index (χ0) is 27.5. The molecule has 0 spiro atoms. The van der Waals surface area contributed by atoms with Crippen LogP contribution in [0.15, 0.2) is 30.9 Å². The molecule has 8 heteroatoms. The maximum atomic E-state index is 14.0. The number of alkyl carbamates (subject to hydrolysis) is 1. The number of carbonyl (C=O) groups excluding carboxylic acids is 3. The highest BCUT2D eigenvalue weighted by atomic mass is 32.2. The average Bonchev–Trinajstić information content (AvgIpc) is 2.77. The molecule has 1 aromatic carbocycles. The van der Waals surface area contributed by atoms with Gasteiger partial charge in [-0.3, -0.25) is 9.59 Å². The van der Waals surface area contributed by atoms with Crippen LogP contribution in [0.25, 0.3) is 0 Å². The van der Waals surface area contributed by atoms with Gasteiger partial charge < -0.3 is 20.3 Å². The molecule has 0 fully saturated rings. The van der Waals surface area contributed by atoms with Gasteiger partial charge >= 0.3 is 6.09 Å². The zero-order valence-electron chi connectivity index (χ0n) is 23.3. The lowest BCUT2D eigenvalue weighted by molar-refractivity contribution is -0.142. The second kappa shape index (κ2) is 14.9. The molecule has 3 unspecified atom stereocenters. The number of nitrogens with one attached hydrogen (secondary N) is 2. The number of thioether (sulfide) groups is 1. The molecule has 0 aliphatic carbocycles. The molecule has 0 heterocycles. The number of carbonyl (C=O) groups is 3. The summed E-state index contributed by atoms with van der Waals surface area (Å²) in [4.78, 5) is 41.8. The molecular formula is C28H45N3O4S. The summed E-state index contributed by atoms with van der Waals surface area (Å²) in [5.41, 5.74) is 2.04. The fourth-order valence-corrected chi connectivity index (χ4v) is 4.42. The van der Waals surface area contributed by atoms with Crippen molar-refractivity contribution in [2.75, 3.05) is 18.6 Å². The standard InChI is InChI=1S/C28H45N3O4S/c1-10-13-20(4)29-25(32)24(22-15-12-14-19(3)21(22)5)31(17-11-2)26(33)23(16-18-36-9)30-27(34)35-28(6,7)8/h11-12,14-15,20,23-24H,2,10,13,16-18H2,1,3-9H3,(H,29,32)(H,30,34). The van der Waals surface area contributed by atoms with Crippen LogP contribution in [0.3, 0.4) is 0 Å². The Kier molecular flexibility index (Phi) is 13.1. The van der Waals surface area contributed by atoms with E-state index in [1.807, 2.05) is 45.2 Å². The summed E-state index contributed by atoms with van der Waals surface area (Å²) < 4.78 is 5.42. The van der Waals surface area contributed by atoms with E-state index in [1.165, 1.54) is 4.90 Å². The van der Waals surface area contributed by atoms with Crippen molar-refractivity contribution in [3.63, 3.8) is 0 Å². The van der Waals surface area contributed by atoms with Crippen LogP contribution < -0.4 is 10.6 Å². The molecule has 0 bridgehead atoms. The number of aryl methyl sites for hydroxylation is 1. The SMILES string of the molecule is C=CCN(C(=O)C(CCSC)NC(=O)OC(C)(C)C)C(C(=O)NC(C)CCC)c1cccc(C)c1C. The Morgan fingerprint density at radius 1 is 1.17 bits per heavy atom. The fraction of sp³-hybridized carbons (Fsp3) is 0.607. The van der Waals surface area contributed by atoms with Crippen molar-refractivity contribution in [2.45, 2.75) is 91.5 Å². The maximum Gasteiger partial charge on any atom is 0.408 e. The summed E-state index contributed by atoms with van der Waals surface area (Å²) in [7, 11) is 0. The van der Waals surface area contributed by atoms with Crippen LogP contribution in [-0.4, -0.2) is 59.0 Å². The summed E-state index contributed by atoms with van der Waals surface area (Å²) in [6.07, 6.45) is 5.05. The topological polar surface area (TPSA) is 87.7 Å². The van der Waals surface area contributed by atoms with Crippen molar-refractivity contribution in [3.05, 3.63) is 47.5 Å². The van der Waals surface area contributed by atoms with Crippen molar-refractivity contribution in [2.24, 2.45) is 0 Å². The van der Waals surface area contributed by atoms with Crippen molar-refractivity contribution < 1.29 is 19.1 Å². The lowest BCUT2D eigenvalue weighted by Crippen LogP contribution is -2.54. The molecular weight excluding hydrogens is 474 g/mol. The average molecular weight is 520 g/mol. The van der Waals surface area contributed by atoms with Crippen LogP contribution in [0.5, 0.6) is 0 Å². The number of ether oxygens (including phenoxy) is 1. The van der Waals surface area contributed by atoms with Gasteiger partial charge in [0.05, 0.1) is 0 Å². The number of hydrogen-bond acceptors (Lipinski definition) is 5. The van der Waals surface area contributed by atoms with Crippen LogP contribution in [0.4, 0.5) is 4.79 Å². The maximum absolute atomic E-state index is 14.0.